The molecule has 0 atom stereocenters. The second-order valence-corrected chi connectivity index (χ2v) is 7.62. The van der Waals surface area contributed by atoms with Gasteiger partial charge in [-0.15, -0.1) is 0 Å². The van der Waals surface area contributed by atoms with E-state index in [2.05, 4.69) is 5.32 Å². The molecule has 0 aromatic heterocycles. The van der Waals surface area contributed by atoms with E-state index in [1.165, 1.54) is 22.5 Å². The highest BCUT2D eigenvalue weighted by Crippen LogP contribution is 2.29. The molecule has 7 nitrogen and oxygen atoms in total. The van der Waals surface area contributed by atoms with Crippen LogP contribution in [0.3, 0.4) is 0 Å². The molecule has 0 bridgehead atoms. The smallest absolute Gasteiger partial charge is 0.271 e. The van der Waals surface area contributed by atoms with Crippen LogP contribution in [0.15, 0.2) is 23.1 Å². The second kappa shape index (κ2) is 6.63. The van der Waals surface area contributed by atoms with Gasteiger partial charge < -0.3 is 5.32 Å². The third-order valence-electron chi connectivity index (χ3n) is 3.13. The van der Waals surface area contributed by atoms with E-state index in [1.807, 2.05) is 6.92 Å². The number of nitrogens with zero attached hydrogens (tertiary/aromatic N) is 2. The van der Waals surface area contributed by atoms with Gasteiger partial charge in [0, 0.05) is 43.3 Å². The van der Waals surface area contributed by atoms with Crippen molar-refractivity contribution in [2.75, 3.05) is 36.5 Å². The highest BCUT2D eigenvalue weighted by atomic mass is 32.2. The van der Waals surface area contributed by atoms with Gasteiger partial charge in [0.25, 0.3) is 5.69 Å². The summed E-state index contributed by atoms with van der Waals surface area (Å²) in [5.41, 5.74) is 0.157. The van der Waals surface area contributed by atoms with Gasteiger partial charge in [-0.1, -0.05) is 0 Å². The van der Waals surface area contributed by atoms with Gasteiger partial charge >= 0.3 is 0 Å². The van der Waals surface area contributed by atoms with Crippen LogP contribution in [0.5, 0.6) is 0 Å². The SMILES string of the molecule is CCNc1cc([N+](=O)[O-])ccc1S(=O)(=O)N1CCSCC1. The molecule has 21 heavy (non-hydrogen) atoms. The number of hydrogen-bond donors (Lipinski definition) is 1. The van der Waals surface area contributed by atoms with Crippen molar-refractivity contribution in [3.63, 3.8) is 0 Å². The normalized spacial score (nSPS) is 16.6. The van der Waals surface area contributed by atoms with Gasteiger partial charge in [0.1, 0.15) is 4.90 Å². The minimum atomic E-state index is -3.62. The average molecular weight is 331 g/mol. The fourth-order valence-electron chi connectivity index (χ4n) is 2.11. The van der Waals surface area contributed by atoms with Crippen LogP contribution in [0.25, 0.3) is 0 Å². The summed E-state index contributed by atoms with van der Waals surface area (Å²) in [4.78, 5) is 10.4. The van der Waals surface area contributed by atoms with E-state index >= 15 is 0 Å². The Kier molecular flexibility index (Phi) is 5.07. The predicted molar refractivity (Wildman–Crippen MR) is 83.3 cm³/mol. The predicted octanol–water partition coefficient (Wildman–Crippen LogP) is 1.76. The summed E-state index contributed by atoms with van der Waals surface area (Å²) in [5, 5.41) is 13.7. The maximum Gasteiger partial charge on any atom is 0.271 e. The Morgan fingerprint density at radius 2 is 2.05 bits per heavy atom. The Labute approximate surface area is 127 Å². The number of nitro benzene ring substituents is 1. The molecule has 0 unspecified atom stereocenters. The molecule has 1 N–H and O–H groups in total. The number of benzene rings is 1. The largest absolute Gasteiger partial charge is 0.384 e. The molecule has 0 saturated carbocycles. The fourth-order valence-corrected chi connectivity index (χ4v) is 4.84. The lowest BCUT2D eigenvalue weighted by Gasteiger charge is -2.26. The quantitative estimate of drug-likeness (QED) is 0.653. The fraction of sp³-hybridized carbons (Fsp3) is 0.500. The molecule has 2 rings (SSSR count). The van der Waals surface area contributed by atoms with Crippen LogP contribution in [-0.4, -0.2) is 48.8 Å². The highest BCUT2D eigenvalue weighted by Gasteiger charge is 2.29. The lowest BCUT2D eigenvalue weighted by molar-refractivity contribution is -0.384. The van der Waals surface area contributed by atoms with Crippen molar-refractivity contribution in [2.45, 2.75) is 11.8 Å². The topological polar surface area (TPSA) is 92.5 Å². The van der Waals surface area contributed by atoms with Crippen molar-refractivity contribution in [1.82, 2.24) is 4.31 Å². The Balaban J connectivity index is 2.43. The number of thioether (sulfide) groups is 1. The molecule has 9 heteroatoms. The van der Waals surface area contributed by atoms with E-state index in [0.29, 0.717) is 19.6 Å². The molecule has 1 aromatic carbocycles. The first-order valence-corrected chi connectivity index (χ1v) is 9.16. The van der Waals surface area contributed by atoms with Crippen molar-refractivity contribution in [2.24, 2.45) is 0 Å². The molecule has 1 aromatic rings. The van der Waals surface area contributed by atoms with Crippen LogP contribution in [-0.2, 0) is 10.0 Å². The lowest BCUT2D eigenvalue weighted by atomic mass is 10.3. The maximum atomic E-state index is 12.7. The summed E-state index contributed by atoms with van der Waals surface area (Å²) < 4.78 is 26.8. The van der Waals surface area contributed by atoms with Crippen molar-refractivity contribution in [1.29, 1.82) is 0 Å². The second-order valence-electron chi connectivity index (χ2n) is 4.48. The summed E-state index contributed by atoms with van der Waals surface area (Å²) in [6.45, 7) is 3.23. The Bertz CT molecular complexity index is 627. The third-order valence-corrected chi connectivity index (χ3v) is 6.03. The van der Waals surface area contributed by atoms with Crippen molar-refractivity contribution >= 4 is 33.2 Å². The van der Waals surface area contributed by atoms with Crippen LogP contribution >= 0.6 is 11.8 Å². The van der Waals surface area contributed by atoms with Crippen LogP contribution in [0.2, 0.25) is 0 Å². The molecule has 1 saturated heterocycles. The van der Waals surface area contributed by atoms with Crippen LogP contribution < -0.4 is 5.32 Å². The molecule has 1 aliphatic rings. The minimum absolute atomic E-state index is 0.0989. The Morgan fingerprint density at radius 3 is 2.62 bits per heavy atom. The number of non-ortho nitro benzene ring substituents is 1. The van der Waals surface area contributed by atoms with Gasteiger partial charge in [0.05, 0.1) is 10.6 Å². The van der Waals surface area contributed by atoms with Gasteiger partial charge in [0.2, 0.25) is 10.0 Å². The van der Waals surface area contributed by atoms with Crippen molar-refractivity contribution in [3.8, 4) is 0 Å². The number of nitro groups is 1. The zero-order chi connectivity index (χ0) is 15.5. The first-order valence-electron chi connectivity index (χ1n) is 6.57. The number of nitrogens with one attached hydrogen (secondary N) is 1. The molecule has 1 heterocycles. The zero-order valence-corrected chi connectivity index (χ0v) is 13.2. The average Bonchev–Trinajstić information content (AvgIpc) is 2.48. The van der Waals surface area contributed by atoms with Gasteiger partial charge in [-0.05, 0) is 13.0 Å². The summed E-state index contributed by atoms with van der Waals surface area (Å²) in [6.07, 6.45) is 0. The molecule has 1 aliphatic heterocycles. The molecule has 0 radical (unpaired) electrons. The number of hydrogen-bond acceptors (Lipinski definition) is 6. The molecule has 0 amide bonds. The van der Waals surface area contributed by atoms with Gasteiger partial charge in [-0.25, -0.2) is 8.42 Å². The van der Waals surface area contributed by atoms with Crippen molar-refractivity contribution in [3.05, 3.63) is 28.3 Å². The lowest BCUT2D eigenvalue weighted by Crippen LogP contribution is -2.38. The van der Waals surface area contributed by atoms with E-state index in [0.717, 1.165) is 11.5 Å². The van der Waals surface area contributed by atoms with Gasteiger partial charge in [0.15, 0.2) is 0 Å². The number of anilines is 1. The number of sulfonamides is 1. The summed E-state index contributed by atoms with van der Waals surface area (Å²) in [6, 6.07) is 3.81. The molecule has 1 fully saturated rings. The highest BCUT2D eigenvalue weighted by molar-refractivity contribution is 7.99. The standard InChI is InChI=1S/C12H17N3O4S2/c1-2-13-11-9-10(15(16)17)3-4-12(11)21(18,19)14-5-7-20-8-6-14/h3-4,9,13H,2,5-8H2,1H3. The summed E-state index contributed by atoms with van der Waals surface area (Å²) >= 11 is 1.72. The van der Waals surface area contributed by atoms with Crippen LogP contribution in [0.4, 0.5) is 11.4 Å². The maximum absolute atomic E-state index is 12.7. The molecule has 116 valence electrons. The molecular formula is C12H17N3O4S2. The van der Waals surface area contributed by atoms with E-state index in [9.17, 15) is 18.5 Å². The third kappa shape index (κ3) is 3.47. The Hall–Kier alpha value is -1.32. The van der Waals surface area contributed by atoms with Gasteiger partial charge in [-0.2, -0.15) is 16.1 Å². The van der Waals surface area contributed by atoms with Crippen LogP contribution in [0, 0.1) is 10.1 Å². The number of rotatable bonds is 5. The minimum Gasteiger partial charge on any atom is -0.384 e. The van der Waals surface area contributed by atoms with Crippen molar-refractivity contribution < 1.29 is 13.3 Å². The van der Waals surface area contributed by atoms with Crippen LogP contribution in [0.1, 0.15) is 6.92 Å². The first kappa shape index (κ1) is 16.1. The van der Waals surface area contributed by atoms with E-state index in [-0.39, 0.29) is 16.3 Å². The van der Waals surface area contributed by atoms with E-state index in [1.54, 1.807) is 11.8 Å². The summed E-state index contributed by atoms with van der Waals surface area (Å²) in [5.74, 6) is 1.53. The molecular weight excluding hydrogens is 314 g/mol. The van der Waals surface area contributed by atoms with Gasteiger partial charge in [-0.3, -0.25) is 10.1 Å². The van der Waals surface area contributed by atoms with E-state index < -0.39 is 14.9 Å². The Morgan fingerprint density at radius 1 is 1.38 bits per heavy atom. The first-order chi connectivity index (χ1) is 9.96. The monoisotopic (exact) mass is 331 g/mol. The molecule has 0 spiro atoms. The van der Waals surface area contributed by atoms with E-state index in [4.69, 9.17) is 0 Å². The zero-order valence-electron chi connectivity index (χ0n) is 11.6. The summed E-state index contributed by atoms with van der Waals surface area (Å²) in [7, 11) is -3.62. The molecule has 0 aliphatic carbocycles.